The quantitative estimate of drug-likeness (QED) is 0.862. The first-order valence-electron chi connectivity index (χ1n) is 5.98. The normalized spacial score (nSPS) is 11.6. The second-order valence-electron chi connectivity index (χ2n) is 4.12. The molecule has 98 valence electrons. The van der Waals surface area contributed by atoms with Gasteiger partial charge in [-0.3, -0.25) is 4.79 Å². The second kappa shape index (κ2) is 5.91. The molecule has 2 rings (SSSR count). The standard InChI is InChI=1S/C15H15NO3/c1-11(15(17)18)16-13-9-5-6-10-14(13)19-12-7-3-2-4-8-12/h2-11,16H,1H3,(H,17,18)/t11-/m0/s1. The third-order valence-electron chi connectivity index (χ3n) is 2.60. The van der Waals surface area contributed by atoms with Gasteiger partial charge < -0.3 is 15.2 Å². The Labute approximate surface area is 111 Å². The smallest absolute Gasteiger partial charge is 0.325 e. The molecule has 4 nitrogen and oxygen atoms in total. The summed E-state index contributed by atoms with van der Waals surface area (Å²) in [7, 11) is 0. The van der Waals surface area contributed by atoms with E-state index in [-0.39, 0.29) is 0 Å². The van der Waals surface area contributed by atoms with Crippen molar-refractivity contribution >= 4 is 11.7 Å². The van der Waals surface area contributed by atoms with Crippen LogP contribution in [0, 0.1) is 0 Å². The van der Waals surface area contributed by atoms with Gasteiger partial charge in [-0.05, 0) is 31.2 Å². The predicted octanol–water partition coefficient (Wildman–Crippen LogP) is 3.36. The highest BCUT2D eigenvalue weighted by atomic mass is 16.5. The summed E-state index contributed by atoms with van der Waals surface area (Å²) < 4.78 is 5.73. The van der Waals surface area contributed by atoms with Gasteiger partial charge >= 0.3 is 5.97 Å². The van der Waals surface area contributed by atoms with Crippen molar-refractivity contribution in [1.29, 1.82) is 0 Å². The number of ether oxygens (including phenoxy) is 1. The summed E-state index contributed by atoms with van der Waals surface area (Å²) in [5.74, 6) is 0.399. The number of benzene rings is 2. The number of anilines is 1. The molecule has 0 saturated carbocycles. The van der Waals surface area contributed by atoms with Crippen LogP contribution in [0.1, 0.15) is 6.92 Å². The molecule has 2 aromatic carbocycles. The minimum Gasteiger partial charge on any atom is -0.480 e. The lowest BCUT2D eigenvalue weighted by molar-refractivity contribution is -0.137. The molecule has 2 N–H and O–H groups in total. The summed E-state index contributed by atoms with van der Waals surface area (Å²) in [6, 6.07) is 15.9. The first kappa shape index (κ1) is 13.0. The Morgan fingerprint density at radius 2 is 1.74 bits per heavy atom. The van der Waals surface area contributed by atoms with Crippen molar-refractivity contribution in [2.75, 3.05) is 5.32 Å². The van der Waals surface area contributed by atoms with E-state index in [1.54, 1.807) is 19.1 Å². The lowest BCUT2D eigenvalue weighted by Gasteiger charge is -2.15. The van der Waals surface area contributed by atoms with E-state index in [0.29, 0.717) is 17.2 Å². The maximum absolute atomic E-state index is 10.9. The fourth-order valence-electron chi connectivity index (χ4n) is 1.59. The Morgan fingerprint density at radius 3 is 2.42 bits per heavy atom. The molecule has 0 heterocycles. The van der Waals surface area contributed by atoms with E-state index < -0.39 is 12.0 Å². The van der Waals surface area contributed by atoms with E-state index in [9.17, 15) is 4.79 Å². The zero-order chi connectivity index (χ0) is 13.7. The number of carboxylic acids is 1. The molecule has 0 aliphatic heterocycles. The van der Waals surface area contributed by atoms with Crippen LogP contribution in [0.15, 0.2) is 54.6 Å². The SMILES string of the molecule is C[C@H](Nc1ccccc1Oc1ccccc1)C(=O)O. The molecular weight excluding hydrogens is 242 g/mol. The summed E-state index contributed by atoms with van der Waals surface area (Å²) in [5, 5.41) is 11.8. The molecule has 0 aromatic heterocycles. The average molecular weight is 257 g/mol. The summed E-state index contributed by atoms with van der Waals surface area (Å²) in [4.78, 5) is 10.9. The molecule has 4 heteroatoms. The summed E-state index contributed by atoms with van der Waals surface area (Å²) in [6.07, 6.45) is 0. The van der Waals surface area contributed by atoms with Gasteiger partial charge in [0.2, 0.25) is 0 Å². The largest absolute Gasteiger partial charge is 0.480 e. The number of para-hydroxylation sites is 3. The molecule has 0 radical (unpaired) electrons. The van der Waals surface area contributed by atoms with Gasteiger partial charge in [0.15, 0.2) is 5.75 Å². The number of carbonyl (C=O) groups is 1. The number of hydrogen-bond acceptors (Lipinski definition) is 3. The molecule has 2 aromatic rings. The number of carboxylic acid groups (broad SMARTS) is 1. The zero-order valence-electron chi connectivity index (χ0n) is 10.5. The van der Waals surface area contributed by atoms with Crippen LogP contribution in [0.4, 0.5) is 5.69 Å². The molecule has 0 fully saturated rings. The number of aliphatic carboxylic acids is 1. The average Bonchev–Trinajstić information content (AvgIpc) is 2.42. The van der Waals surface area contributed by atoms with Gasteiger partial charge in [0.25, 0.3) is 0 Å². The Balaban J connectivity index is 2.19. The van der Waals surface area contributed by atoms with Crippen LogP contribution in [0.3, 0.4) is 0 Å². The van der Waals surface area contributed by atoms with E-state index in [2.05, 4.69) is 5.32 Å². The van der Waals surface area contributed by atoms with Crippen LogP contribution in [0.5, 0.6) is 11.5 Å². The van der Waals surface area contributed by atoms with Crippen LogP contribution < -0.4 is 10.1 Å². The summed E-state index contributed by atoms with van der Waals surface area (Å²) in [5.41, 5.74) is 0.654. The summed E-state index contributed by atoms with van der Waals surface area (Å²) >= 11 is 0. The van der Waals surface area contributed by atoms with Crippen LogP contribution in [-0.2, 0) is 4.79 Å². The van der Waals surface area contributed by atoms with Crippen LogP contribution in [0.2, 0.25) is 0 Å². The van der Waals surface area contributed by atoms with Gasteiger partial charge in [-0.15, -0.1) is 0 Å². The molecule has 0 saturated heterocycles. The fourth-order valence-corrected chi connectivity index (χ4v) is 1.59. The third kappa shape index (κ3) is 3.48. The fraction of sp³-hybridized carbons (Fsp3) is 0.133. The van der Waals surface area contributed by atoms with Crippen LogP contribution >= 0.6 is 0 Å². The molecule has 0 bridgehead atoms. The minimum absolute atomic E-state index is 0.599. The molecule has 19 heavy (non-hydrogen) atoms. The Kier molecular flexibility index (Phi) is 4.03. The zero-order valence-corrected chi connectivity index (χ0v) is 10.5. The maximum Gasteiger partial charge on any atom is 0.325 e. The van der Waals surface area contributed by atoms with Crippen molar-refractivity contribution in [1.82, 2.24) is 0 Å². The van der Waals surface area contributed by atoms with Crippen molar-refractivity contribution in [2.45, 2.75) is 13.0 Å². The van der Waals surface area contributed by atoms with Crippen molar-refractivity contribution in [3.63, 3.8) is 0 Å². The third-order valence-corrected chi connectivity index (χ3v) is 2.60. The lowest BCUT2D eigenvalue weighted by atomic mass is 10.2. The molecule has 0 unspecified atom stereocenters. The molecular formula is C15H15NO3. The molecule has 0 spiro atoms. The first-order valence-corrected chi connectivity index (χ1v) is 5.98. The molecule has 0 aliphatic rings. The van der Waals surface area contributed by atoms with Gasteiger partial charge in [0.1, 0.15) is 11.8 Å². The van der Waals surface area contributed by atoms with Gasteiger partial charge in [-0.2, -0.15) is 0 Å². The van der Waals surface area contributed by atoms with Crippen molar-refractivity contribution < 1.29 is 14.6 Å². The Morgan fingerprint density at radius 1 is 1.11 bits per heavy atom. The highest BCUT2D eigenvalue weighted by molar-refractivity contribution is 5.77. The monoisotopic (exact) mass is 257 g/mol. The Bertz CT molecular complexity index is 554. The highest BCUT2D eigenvalue weighted by Crippen LogP contribution is 2.29. The van der Waals surface area contributed by atoms with Gasteiger partial charge in [-0.1, -0.05) is 30.3 Å². The van der Waals surface area contributed by atoms with E-state index >= 15 is 0 Å². The number of hydrogen-bond donors (Lipinski definition) is 2. The molecule has 0 aliphatic carbocycles. The maximum atomic E-state index is 10.9. The number of nitrogens with one attached hydrogen (secondary N) is 1. The van der Waals surface area contributed by atoms with E-state index in [1.807, 2.05) is 42.5 Å². The topological polar surface area (TPSA) is 58.6 Å². The van der Waals surface area contributed by atoms with Gasteiger partial charge in [0.05, 0.1) is 5.69 Å². The van der Waals surface area contributed by atoms with E-state index in [4.69, 9.17) is 9.84 Å². The van der Waals surface area contributed by atoms with Gasteiger partial charge in [0, 0.05) is 0 Å². The van der Waals surface area contributed by atoms with E-state index in [0.717, 1.165) is 0 Å². The van der Waals surface area contributed by atoms with Crippen LogP contribution in [0.25, 0.3) is 0 Å². The molecule has 1 atom stereocenters. The van der Waals surface area contributed by atoms with Gasteiger partial charge in [-0.25, -0.2) is 0 Å². The van der Waals surface area contributed by atoms with E-state index in [1.165, 1.54) is 0 Å². The lowest BCUT2D eigenvalue weighted by Crippen LogP contribution is -2.25. The first-order chi connectivity index (χ1) is 9.16. The Hall–Kier alpha value is -2.49. The summed E-state index contributed by atoms with van der Waals surface area (Å²) in [6.45, 7) is 1.58. The second-order valence-corrected chi connectivity index (χ2v) is 4.12. The minimum atomic E-state index is -0.908. The highest BCUT2D eigenvalue weighted by Gasteiger charge is 2.13. The van der Waals surface area contributed by atoms with Crippen LogP contribution in [-0.4, -0.2) is 17.1 Å². The molecule has 0 amide bonds. The predicted molar refractivity (Wildman–Crippen MR) is 73.7 cm³/mol. The van der Waals surface area contributed by atoms with Crippen molar-refractivity contribution in [3.05, 3.63) is 54.6 Å². The number of rotatable bonds is 5. The van der Waals surface area contributed by atoms with Crippen molar-refractivity contribution in [2.24, 2.45) is 0 Å². The van der Waals surface area contributed by atoms with Crippen molar-refractivity contribution in [3.8, 4) is 11.5 Å².